The molecule has 3 heterocycles. The van der Waals surface area contributed by atoms with E-state index in [2.05, 4.69) is 30.8 Å². The lowest BCUT2D eigenvalue weighted by Gasteiger charge is -2.26. The number of morpholine rings is 1. The number of anilines is 4. The van der Waals surface area contributed by atoms with Gasteiger partial charge in [-0.1, -0.05) is 17.4 Å². The van der Waals surface area contributed by atoms with E-state index in [-0.39, 0.29) is 6.03 Å². The summed E-state index contributed by atoms with van der Waals surface area (Å²) in [5.74, 6) is 2.51. The van der Waals surface area contributed by atoms with Gasteiger partial charge in [0, 0.05) is 48.5 Å². The molecule has 5 aromatic rings. The molecule has 2 aromatic heterocycles. The van der Waals surface area contributed by atoms with Crippen molar-refractivity contribution in [2.45, 2.75) is 6.42 Å². The van der Waals surface area contributed by atoms with Crippen molar-refractivity contribution in [3.63, 3.8) is 0 Å². The summed E-state index contributed by atoms with van der Waals surface area (Å²) in [4.78, 5) is 28.6. The Morgan fingerprint density at radius 2 is 1.80 bits per heavy atom. The monoisotopic (exact) mass is 615 g/mol. The van der Waals surface area contributed by atoms with Crippen molar-refractivity contribution in [1.82, 2.24) is 19.9 Å². The molecule has 3 N–H and O–H groups in total. The van der Waals surface area contributed by atoms with Crippen LogP contribution in [0.2, 0.25) is 0 Å². The lowest BCUT2D eigenvalue weighted by atomic mass is 10.2. The number of carbonyl (C=O) groups is 1. The Morgan fingerprint density at radius 1 is 0.955 bits per heavy atom. The van der Waals surface area contributed by atoms with Crippen LogP contribution >= 0.6 is 11.3 Å². The van der Waals surface area contributed by atoms with Crippen molar-refractivity contribution in [3.8, 4) is 17.2 Å². The molecule has 44 heavy (non-hydrogen) atoms. The molecule has 6 rings (SSSR count). The van der Waals surface area contributed by atoms with Crippen LogP contribution < -0.4 is 30.2 Å². The fourth-order valence-corrected chi connectivity index (χ4v) is 5.79. The van der Waals surface area contributed by atoms with E-state index in [9.17, 15) is 4.79 Å². The van der Waals surface area contributed by atoms with E-state index in [1.165, 1.54) is 17.7 Å². The largest absolute Gasteiger partial charge is 0.497 e. The van der Waals surface area contributed by atoms with Crippen LogP contribution in [0, 0.1) is 0 Å². The van der Waals surface area contributed by atoms with Crippen molar-refractivity contribution >= 4 is 60.8 Å². The van der Waals surface area contributed by atoms with E-state index >= 15 is 0 Å². The zero-order chi connectivity index (χ0) is 30.3. The highest BCUT2D eigenvalue weighted by molar-refractivity contribution is 7.22. The van der Waals surface area contributed by atoms with Gasteiger partial charge in [0.05, 0.1) is 49.8 Å². The third kappa shape index (κ3) is 7.08. The van der Waals surface area contributed by atoms with Crippen molar-refractivity contribution < 1.29 is 23.7 Å². The van der Waals surface area contributed by atoms with E-state index in [0.29, 0.717) is 46.2 Å². The van der Waals surface area contributed by atoms with Crippen LogP contribution in [0.25, 0.3) is 21.1 Å². The Hall–Kier alpha value is -4.72. The second-order valence-corrected chi connectivity index (χ2v) is 11.1. The number of aromatic nitrogens is 3. The first-order chi connectivity index (χ1) is 21.6. The van der Waals surface area contributed by atoms with E-state index < -0.39 is 0 Å². The molecule has 1 fully saturated rings. The number of amides is 2. The molecular formula is C31H33N7O5S. The maximum absolute atomic E-state index is 12.6. The van der Waals surface area contributed by atoms with Gasteiger partial charge in [0.2, 0.25) is 0 Å². The zero-order valence-corrected chi connectivity index (χ0v) is 25.3. The Morgan fingerprint density at radius 3 is 2.61 bits per heavy atom. The normalized spacial score (nSPS) is 13.5. The van der Waals surface area contributed by atoms with Crippen LogP contribution in [0.5, 0.6) is 17.2 Å². The van der Waals surface area contributed by atoms with Gasteiger partial charge in [0.25, 0.3) is 0 Å². The number of benzene rings is 3. The van der Waals surface area contributed by atoms with E-state index in [0.717, 1.165) is 60.4 Å². The minimum Gasteiger partial charge on any atom is -0.497 e. The predicted octanol–water partition coefficient (Wildman–Crippen LogP) is 5.75. The molecule has 228 valence electrons. The molecule has 0 spiro atoms. The predicted molar refractivity (Wildman–Crippen MR) is 172 cm³/mol. The highest BCUT2D eigenvalue weighted by Gasteiger charge is 2.15. The Bertz CT molecular complexity index is 1760. The second-order valence-electron chi connectivity index (χ2n) is 10.0. The molecule has 0 aliphatic carbocycles. The number of carbonyl (C=O) groups excluding carboxylic acids is 1. The summed E-state index contributed by atoms with van der Waals surface area (Å²) in [7, 11) is 3.20. The van der Waals surface area contributed by atoms with Gasteiger partial charge in [-0.3, -0.25) is 4.90 Å². The molecule has 12 nitrogen and oxygen atoms in total. The Kier molecular flexibility index (Phi) is 9.15. The van der Waals surface area contributed by atoms with Gasteiger partial charge in [-0.2, -0.15) is 0 Å². The Balaban J connectivity index is 1.12. The van der Waals surface area contributed by atoms with Crippen molar-refractivity contribution in [2.75, 3.05) is 69.6 Å². The number of methoxy groups -OCH3 is 2. The fraction of sp³-hybridized carbons (Fsp3) is 0.290. The third-order valence-electron chi connectivity index (χ3n) is 7.10. The highest BCUT2D eigenvalue weighted by atomic mass is 32.1. The van der Waals surface area contributed by atoms with Crippen LogP contribution in [0.1, 0.15) is 6.42 Å². The molecule has 2 amide bonds. The van der Waals surface area contributed by atoms with Crippen LogP contribution in [0.4, 0.5) is 27.1 Å². The van der Waals surface area contributed by atoms with Crippen molar-refractivity contribution in [3.05, 3.63) is 60.9 Å². The number of thiazole rings is 1. The van der Waals surface area contributed by atoms with Crippen molar-refractivity contribution in [2.24, 2.45) is 0 Å². The van der Waals surface area contributed by atoms with Gasteiger partial charge in [-0.15, -0.1) is 0 Å². The molecule has 0 atom stereocenters. The van der Waals surface area contributed by atoms with Crippen molar-refractivity contribution in [1.29, 1.82) is 0 Å². The first kappa shape index (κ1) is 29.4. The van der Waals surface area contributed by atoms with Gasteiger partial charge < -0.3 is 34.9 Å². The number of nitrogens with zero attached hydrogens (tertiary/aromatic N) is 4. The number of hydrogen-bond acceptors (Lipinski definition) is 11. The summed E-state index contributed by atoms with van der Waals surface area (Å²) in [6.45, 7) is 5.03. The van der Waals surface area contributed by atoms with E-state index in [4.69, 9.17) is 23.9 Å². The number of ether oxygens (including phenoxy) is 4. The summed E-state index contributed by atoms with van der Waals surface area (Å²) >= 11 is 1.45. The standard InChI is InChI=1S/C31H33N7O5S/c1-40-22-6-3-5-20(15-22)34-30(39)35-21-7-8-24-28(16-21)44-31(36-24)37-29-23-17-26(41-2)27(18-25(23)32-19-33-29)43-12-4-9-38-10-13-42-14-11-38/h3,5-8,15-19H,4,9-14H2,1-2H3,(H2,34,35,39)(H,32,33,36,37). The summed E-state index contributed by atoms with van der Waals surface area (Å²) in [6, 6.07) is 16.1. The average molecular weight is 616 g/mol. The number of rotatable bonds is 11. The average Bonchev–Trinajstić information content (AvgIpc) is 3.45. The first-order valence-electron chi connectivity index (χ1n) is 14.2. The molecule has 1 saturated heterocycles. The fourth-order valence-electron chi connectivity index (χ4n) is 4.88. The van der Waals surface area contributed by atoms with Gasteiger partial charge in [-0.25, -0.2) is 19.7 Å². The molecule has 0 bridgehead atoms. The topological polar surface area (TPSA) is 132 Å². The summed E-state index contributed by atoms with van der Waals surface area (Å²) in [6.07, 6.45) is 2.41. The minimum atomic E-state index is -0.359. The van der Waals surface area contributed by atoms with Crippen LogP contribution in [0.15, 0.2) is 60.9 Å². The van der Waals surface area contributed by atoms with E-state index in [1.807, 2.05) is 42.5 Å². The molecule has 13 heteroatoms. The quantitative estimate of drug-likeness (QED) is 0.158. The molecular weight excluding hydrogens is 582 g/mol. The number of fused-ring (bicyclic) bond motifs is 2. The van der Waals surface area contributed by atoms with Gasteiger partial charge >= 0.3 is 6.03 Å². The zero-order valence-electron chi connectivity index (χ0n) is 24.5. The maximum atomic E-state index is 12.6. The van der Waals surface area contributed by atoms with Crippen LogP contribution in [-0.2, 0) is 4.74 Å². The summed E-state index contributed by atoms with van der Waals surface area (Å²) in [5.41, 5.74) is 2.78. The van der Waals surface area contributed by atoms with Crippen LogP contribution in [0.3, 0.4) is 0 Å². The lowest BCUT2D eigenvalue weighted by molar-refractivity contribution is 0.0357. The molecule has 0 saturated carbocycles. The van der Waals surface area contributed by atoms with Gasteiger partial charge in [0.1, 0.15) is 17.9 Å². The molecule has 3 aromatic carbocycles. The second kappa shape index (κ2) is 13.7. The number of nitrogens with one attached hydrogen (secondary N) is 3. The van der Waals surface area contributed by atoms with E-state index in [1.54, 1.807) is 26.4 Å². The third-order valence-corrected chi connectivity index (χ3v) is 8.03. The van der Waals surface area contributed by atoms with Gasteiger partial charge in [0.15, 0.2) is 16.6 Å². The van der Waals surface area contributed by atoms with Gasteiger partial charge in [-0.05, 0) is 42.8 Å². The first-order valence-corrected chi connectivity index (χ1v) is 15.0. The Labute approximate surface area is 258 Å². The highest BCUT2D eigenvalue weighted by Crippen LogP contribution is 2.36. The van der Waals surface area contributed by atoms with Crippen LogP contribution in [-0.4, -0.2) is 79.6 Å². The number of urea groups is 1. The summed E-state index contributed by atoms with van der Waals surface area (Å²) < 4.78 is 23.3. The molecule has 1 aliphatic rings. The number of hydrogen-bond donors (Lipinski definition) is 3. The molecule has 0 radical (unpaired) electrons. The molecule has 0 unspecified atom stereocenters. The SMILES string of the molecule is COc1cccc(NC(=O)Nc2ccc3nc(Nc4ncnc5cc(OCCCN6CCOCC6)c(OC)cc45)sc3c2)c1. The smallest absolute Gasteiger partial charge is 0.323 e. The lowest BCUT2D eigenvalue weighted by Crippen LogP contribution is -2.37. The summed E-state index contributed by atoms with van der Waals surface area (Å²) in [5, 5.41) is 10.4. The maximum Gasteiger partial charge on any atom is 0.323 e. The molecule has 1 aliphatic heterocycles. The minimum absolute atomic E-state index is 0.359.